The van der Waals surface area contributed by atoms with Gasteiger partial charge in [0.1, 0.15) is 0 Å². The van der Waals surface area contributed by atoms with E-state index >= 15 is 0 Å². The molecule has 0 amide bonds. The zero-order valence-electron chi connectivity index (χ0n) is 5.41. The van der Waals surface area contributed by atoms with E-state index in [9.17, 15) is 0 Å². The van der Waals surface area contributed by atoms with Crippen LogP contribution in [0, 0.1) is 0 Å². The lowest BCUT2D eigenvalue weighted by Crippen LogP contribution is -2.04. The lowest BCUT2D eigenvalue weighted by Gasteiger charge is -2.09. The van der Waals surface area contributed by atoms with Crippen LogP contribution in [0.4, 0.5) is 5.69 Å². The molecule has 0 aromatic carbocycles. The van der Waals surface area contributed by atoms with E-state index in [4.69, 9.17) is 0 Å². The minimum absolute atomic E-state index is 0.769. The molecule has 0 saturated heterocycles. The fourth-order valence-electron chi connectivity index (χ4n) is 0.950. The Labute approximate surface area is 58.8 Å². The molecule has 0 atom stereocenters. The molecule has 0 aliphatic carbocycles. The minimum Gasteiger partial charge on any atom is -0.345 e. The van der Waals surface area contributed by atoms with Crippen molar-refractivity contribution in [2.24, 2.45) is 4.99 Å². The van der Waals surface area contributed by atoms with Gasteiger partial charge in [0.2, 0.25) is 0 Å². The maximum atomic E-state index is 4.05. The van der Waals surface area contributed by atoms with E-state index in [0.717, 1.165) is 12.2 Å². The van der Waals surface area contributed by atoms with E-state index < -0.39 is 0 Å². The Morgan fingerprint density at radius 3 is 3.40 bits per heavy atom. The maximum Gasteiger partial charge on any atom is 0.0872 e. The van der Waals surface area contributed by atoms with E-state index in [-0.39, 0.29) is 0 Å². The van der Waals surface area contributed by atoms with Gasteiger partial charge in [-0.1, -0.05) is 0 Å². The zero-order valence-corrected chi connectivity index (χ0v) is 5.41. The van der Waals surface area contributed by atoms with Crippen LogP contribution in [0.15, 0.2) is 23.5 Å². The normalized spacial score (nSPS) is 14.0. The van der Waals surface area contributed by atoms with Gasteiger partial charge in [-0.2, -0.15) is 0 Å². The second kappa shape index (κ2) is 2.10. The first-order valence-electron chi connectivity index (χ1n) is 3.14. The minimum atomic E-state index is 0.769. The number of anilines is 1. The third-order valence-electron chi connectivity index (χ3n) is 1.48. The Hall–Kier alpha value is -1.38. The van der Waals surface area contributed by atoms with Crippen LogP contribution >= 0.6 is 0 Å². The van der Waals surface area contributed by atoms with Gasteiger partial charge in [-0.15, -0.1) is 0 Å². The third-order valence-corrected chi connectivity index (χ3v) is 1.48. The molecule has 0 saturated carbocycles. The molecule has 0 bridgehead atoms. The molecule has 3 heteroatoms. The third kappa shape index (κ3) is 0.757. The Morgan fingerprint density at radius 2 is 2.50 bits per heavy atom. The Balaban J connectivity index is 2.47. The van der Waals surface area contributed by atoms with Crippen LogP contribution < -0.4 is 5.32 Å². The highest BCUT2D eigenvalue weighted by molar-refractivity contribution is 5.78. The van der Waals surface area contributed by atoms with Crippen molar-refractivity contribution in [3.05, 3.63) is 24.0 Å². The summed E-state index contributed by atoms with van der Waals surface area (Å²) in [5, 5.41) is 3.01. The van der Waals surface area contributed by atoms with Crippen molar-refractivity contribution < 1.29 is 0 Å². The van der Waals surface area contributed by atoms with Gasteiger partial charge < -0.3 is 5.32 Å². The number of nitrogens with zero attached hydrogens (tertiary/aromatic N) is 2. The number of hydrogen-bond donors (Lipinski definition) is 1. The van der Waals surface area contributed by atoms with Gasteiger partial charge in [0, 0.05) is 11.8 Å². The standard InChI is InChI=1S/C7H7N3/c1-2-8-4-7-6(1)3-9-5-10-7/h1-2,4-5H,3H2,(H,9,10). The summed E-state index contributed by atoms with van der Waals surface area (Å²) < 4.78 is 0. The van der Waals surface area contributed by atoms with Crippen LogP contribution in [-0.4, -0.2) is 11.3 Å². The predicted molar refractivity (Wildman–Crippen MR) is 40.1 cm³/mol. The van der Waals surface area contributed by atoms with Gasteiger partial charge in [0.15, 0.2) is 0 Å². The number of aromatic nitrogens is 1. The molecule has 10 heavy (non-hydrogen) atoms. The SMILES string of the molecule is C1=NCc2ccncc2N1. The van der Waals surface area contributed by atoms with Crippen molar-refractivity contribution >= 4 is 12.0 Å². The van der Waals surface area contributed by atoms with E-state index in [1.165, 1.54) is 5.56 Å². The first-order valence-corrected chi connectivity index (χ1v) is 3.14. The topological polar surface area (TPSA) is 37.3 Å². The van der Waals surface area contributed by atoms with Crippen molar-refractivity contribution in [2.75, 3.05) is 5.32 Å². The van der Waals surface area contributed by atoms with E-state index in [0.29, 0.717) is 0 Å². The number of hydrogen-bond acceptors (Lipinski definition) is 3. The molecule has 50 valence electrons. The van der Waals surface area contributed by atoms with Crippen molar-refractivity contribution in [3.63, 3.8) is 0 Å². The molecule has 0 spiro atoms. The predicted octanol–water partition coefficient (Wildman–Crippen LogP) is 1.04. The van der Waals surface area contributed by atoms with Crippen LogP contribution in [0.2, 0.25) is 0 Å². The lowest BCUT2D eigenvalue weighted by molar-refractivity contribution is 1.05. The van der Waals surface area contributed by atoms with Crippen molar-refractivity contribution in [3.8, 4) is 0 Å². The fourth-order valence-corrected chi connectivity index (χ4v) is 0.950. The molecule has 1 aromatic heterocycles. The molecule has 1 aliphatic heterocycles. The largest absolute Gasteiger partial charge is 0.345 e. The summed E-state index contributed by atoms with van der Waals surface area (Å²) in [7, 11) is 0. The van der Waals surface area contributed by atoms with E-state index in [1.54, 1.807) is 18.7 Å². The molecule has 2 rings (SSSR count). The molecule has 1 aromatic rings. The van der Waals surface area contributed by atoms with Gasteiger partial charge in [-0.05, 0) is 6.07 Å². The first-order chi connectivity index (χ1) is 4.97. The summed E-state index contributed by atoms with van der Waals surface area (Å²) in [4.78, 5) is 8.03. The monoisotopic (exact) mass is 133 g/mol. The van der Waals surface area contributed by atoms with E-state index in [2.05, 4.69) is 15.3 Å². The lowest BCUT2D eigenvalue weighted by atomic mass is 10.2. The molecule has 2 heterocycles. The average molecular weight is 133 g/mol. The van der Waals surface area contributed by atoms with Gasteiger partial charge in [0.25, 0.3) is 0 Å². The summed E-state index contributed by atoms with van der Waals surface area (Å²) in [6, 6.07) is 1.97. The number of rotatable bonds is 0. The fraction of sp³-hybridized carbons (Fsp3) is 0.143. The van der Waals surface area contributed by atoms with Crippen LogP contribution in [-0.2, 0) is 6.54 Å². The Morgan fingerprint density at radius 1 is 1.50 bits per heavy atom. The van der Waals surface area contributed by atoms with Gasteiger partial charge in [0.05, 0.1) is 24.8 Å². The first kappa shape index (κ1) is 5.41. The summed E-state index contributed by atoms with van der Waals surface area (Å²) in [6.07, 6.45) is 5.28. The molecule has 1 N–H and O–H groups in total. The van der Waals surface area contributed by atoms with Crippen molar-refractivity contribution in [1.82, 2.24) is 4.98 Å². The van der Waals surface area contributed by atoms with Crippen LogP contribution in [0.1, 0.15) is 5.56 Å². The molecule has 3 nitrogen and oxygen atoms in total. The van der Waals surface area contributed by atoms with Gasteiger partial charge in [-0.25, -0.2) is 0 Å². The second-order valence-corrected chi connectivity index (χ2v) is 2.15. The summed E-state index contributed by atoms with van der Waals surface area (Å²) >= 11 is 0. The molecule has 1 aliphatic rings. The summed E-state index contributed by atoms with van der Waals surface area (Å²) in [6.45, 7) is 0.769. The van der Waals surface area contributed by atoms with Gasteiger partial charge >= 0.3 is 0 Å². The number of nitrogens with one attached hydrogen (secondary N) is 1. The van der Waals surface area contributed by atoms with Crippen molar-refractivity contribution in [2.45, 2.75) is 6.54 Å². The van der Waals surface area contributed by atoms with Crippen molar-refractivity contribution in [1.29, 1.82) is 0 Å². The van der Waals surface area contributed by atoms with Crippen LogP contribution in [0.25, 0.3) is 0 Å². The zero-order chi connectivity index (χ0) is 6.81. The molecule has 0 unspecified atom stereocenters. The average Bonchev–Trinajstić information content (AvgIpc) is 2.05. The van der Waals surface area contributed by atoms with Crippen LogP contribution in [0.3, 0.4) is 0 Å². The number of fused-ring (bicyclic) bond motifs is 1. The highest BCUT2D eigenvalue weighted by atomic mass is 15.0. The summed E-state index contributed by atoms with van der Waals surface area (Å²) in [5.74, 6) is 0. The molecular weight excluding hydrogens is 126 g/mol. The molecule has 0 fully saturated rings. The molecule has 0 radical (unpaired) electrons. The number of aliphatic imine (C=N–C) groups is 1. The summed E-state index contributed by atoms with van der Waals surface area (Å²) in [5.41, 5.74) is 2.27. The van der Waals surface area contributed by atoms with Gasteiger partial charge in [-0.3, -0.25) is 9.98 Å². The van der Waals surface area contributed by atoms with E-state index in [1.807, 2.05) is 6.07 Å². The highest BCUT2D eigenvalue weighted by Gasteiger charge is 2.01. The number of pyridine rings is 1. The Kier molecular flexibility index (Phi) is 1.13. The highest BCUT2D eigenvalue weighted by Crippen LogP contribution is 2.15. The van der Waals surface area contributed by atoms with Crippen LogP contribution in [0.5, 0.6) is 0 Å². The second-order valence-electron chi connectivity index (χ2n) is 2.15. The smallest absolute Gasteiger partial charge is 0.0872 e. The quantitative estimate of drug-likeness (QED) is 0.574. The molecular formula is C7H7N3. The Bertz CT molecular complexity index is 240. The maximum absolute atomic E-state index is 4.05.